The summed E-state index contributed by atoms with van der Waals surface area (Å²) in [6, 6.07) is 12.6. The highest BCUT2D eigenvalue weighted by Crippen LogP contribution is 2.49. The number of carboxylic acids is 1. The molecule has 7 nitrogen and oxygen atoms in total. The minimum Gasteiger partial charge on any atom is -0.478 e. The maximum absolute atomic E-state index is 11.2. The van der Waals surface area contributed by atoms with Crippen molar-refractivity contribution in [3.05, 3.63) is 64.4 Å². The van der Waals surface area contributed by atoms with Gasteiger partial charge >= 0.3 is 5.97 Å². The van der Waals surface area contributed by atoms with E-state index in [1.54, 1.807) is 24.3 Å². The summed E-state index contributed by atoms with van der Waals surface area (Å²) in [6.45, 7) is 6.13. The Bertz CT molecular complexity index is 1220. The molecule has 0 radical (unpaired) electrons. The first-order chi connectivity index (χ1) is 15.3. The summed E-state index contributed by atoms with van der Waals surface area (Å²) in [7, 11) is 0. The molecule has 1 saturated heterocycles. The first-order valence-electron chi connectivity index (χ1n) is 10.1. The van der Waals surface area contributed by atoms with Gasteiger partial charge in [0, 0.05) is 17.5 Å². The van der Waals surface area contributed by atoms with Gasteiger partial charge in [-0.15, -0.1) is 0 Å². The lowest BCUT2D eigenvalue weighted by molar-refractivity contribution is 0.0697. The number of halogens is 1. The molecule has 8 heteroatoms. The van der Waals surface area contributed by atoms with E-state index in [9.17, 15) is 15.3 Å². The highest BCUT2D eigenvalue weighted by Gasteiger charge is 2.51. The van der Waals surface area contributed by atoms with Crippen LogP contribution in [0.3, 0.4) is 0 Å². The van der Waals surface area contributed by atoms with E-state index in [4.69, 9.17) is 26.9 Å². The Hall–Kier alpha value is -3.36. The van der Waals surface area contributed by atoms with Crippen molar-refractivity contribution >= 4 is 23.6 Å². The Labute approximate surface area is 190 Å². The van der Waals surface area contributed by atoms with Crippen LogP contribution in [-0.2, 0) is 0 Å². The molecule has 32 heavy (non-hydrogen) atoms. The summed E-state index contributed by atoms with van der Waals surface area (Å²) in [4.78, 5) is 11.2. The number of hydrogen-bond donors (Lipinski definition) is 3. The second-order valence-corrected chi connectivity index (χ2v) is 8.60. The number of nitrogens with one attached hydrogen (secondary N) is 1. The van der Waals surface area contributed by atoms with Crippen LogP contribution in [0.1, 0.15) is 23.0 Å². The molecule has 2 heterocycles. The largest absolute Gasteiger partial charge is 0.478 e. The number of carbonyl (C=O) groups is 1. The summed E-state index contributed by atoms with van der Waals surface area (Å²) in [5, 5.41) is 31.8. The monoisotopic (exact) mass is 448 g/mol. The molecule has 4 N–H and O–H groups in total. The van der Waals surface area contributed by atoms with Gasteiger partial charge in [-0.2, -0.15) is 10.5 Å². The minimum atomic E-state index is -1.10. The first-order valence-corrected chi connectivity index (χ1v) is 10.5. The Balaban J connectivity index is 1.70. The van der Waals surface area contributed by atoms with Crippen LogP contribution in [0.4, 0.5) is 0 Å². The molecule has 1 aromatic heterocycles. The van der Waals surface area contributed by atoms with Crippen LogP contribution in [0, 0.1) is 46.3 Å². The zero-order valence-corrected chi connectivity index (χ0v) is 18.0. The Morgan fingerprint density at radius 2 is 2.06 bits per heavy atom. The molecule has 2 aromatic rings. The average Bonchev–Trinajstić information content (AvgIpc) is 3.31. The number of nitrogens with zero attached hydrogens (tertiary/aromatic N) is 2. The van der Waals surface area contributed by atoms with Gasteiger partial charge < -0.3 is 15.3 Å². The fourth-order valence-electron chi connectivity index (χ4n) is 4.82. The number of rotatable bonds is 3. The van der Waals surface area contributed by atoms with Crippen LogP contribution in [0.2, 0.25) is 5.02 Å². The van der Waals surface area contributed by atoms with Crippen molar-refractivity contribution in [1.29, 1.82) is 10.5 Å². The van der Waals surface area contributed by atoms with Gasteiger partial charge in [0.2, 0.25) is 0 Å². The molecule has 1 aromatic carbocycles. The molecule has 2 fully saturated rings. The number of aromatic carboxylic acids is 1. The summed E-state index contributed by atoms with van der Waals surface area (Å²) in [5.41, 5.74) is 8.37. The smallest absolute Gasteiger partial charge is 0.337 e. The Morgan fingerprint density at radius 1 is 1.31 bits per heavy atom. The van der Waals surface area contributed by atoms with E-state index in [1.807, 2.05) is 13.0 Å². The lowest BCUT2D eigenvalue weighted by Gasteiger charge is -2.40. The maximum atomic E-state index is 11.2. The van der Waals surface area contributed by atoms with Gasteiger partial charge in [0.1, 0.15) is 11.5 Å². The summed E-state index contributed by atoms with van der Waals surface area (Å²) < 4.78 is 5.98. The van der Waals surface area contributed by atoms with Crippen molar-refractivity contribution in [3.63, 3.8) is 0 Å². The highest BCUT2D eigenvalue weighted by atomic mass is 35.5. The SMILES string of the molecule is C=C1/C(=C\c2ccc(-c3ccc(C(=O)O)c(Cl)c3)o2)C2C(C)C(C#N)C(N)NC2C1C#N. The molecule has 1 aliphatic heterocycles. The number of piperidine rings is 1. The third-order valence-electron chi connectivity index (χ3n) is 6.45. The van der Waals surface area contributed by atoms with E-state index in [0.29, 0.717) is 22.7 Å². The predicted molar refractivity (Wildman–Crippen MR) is 119 cm³/mol. The van der Waals surface area contributed by atoms with Crippen LogP contribution < -0.4 is 11.1 Å². The molecule has 6 unspecified atom stereocenters. The van der Waals surface area contributed by atoms with E-state index in [0.717, 1.165) is 5.57 Å². The minimum absolute atomic E-state index is 0.0178. The van der Waals surface area contributed by atoms with Crippen LogP contribution in [-0.4, -0.2) is 23.3 Å². The van der Waals surface area contributed by atoms with E-state index >= 15 is 0 Å². The van der Waals surface area contributed by atoms with Gasteiger partial charge in [-0.3, -0.25) is 5.32 Å². The number of benzene rings is 1. The van der Waals surface area contributed by atoms with Crippen molar-refractivity contribution in [2.75, 3.05) is 0 Å². The fraction of sp³-hybridized carbons (Fsp3) is 0.292. The molecule has 1 saturated carbocycles. The zero-order chi connectivity index (χ0) is 23.2. The quantitative estimate of drug-likeness (QED) is 0.644. The van der Waals surface area contributed by atoms with Crippen LogP contribution >= 0.6 is 11.6 Å². The van der Waals surface area contributed by atoms with E-state index in [1.165, 1.54) is 6.07 Å². The van der Waals surface area contributed by atoms with E-state index in [2.05, 4.69) is 24.0 Å². The highest BCUT2D eigenvalue weighted by molar-refractivity contribution is 6.33. The van der Waals surface area contributed by atoms with Gasteiger partial charge in [0.25, 0.3) is 0 Å². The standard InChI is InChI=1S/C24H21ClN4O3/c1-11-16(21-12(2)18(10-27)23(28)29-22(21)17(11)9-26)8-14-4-6-20(32-14)13-3-5-15(24(30)31)19(25)7-13/h3-8,12,17-18,21-23,29H,1,28H2,2H3,(H,30,31)/b16-8+. The van der Waals surface area contributed by atoms with Gasteiger partial charge in [-0.25, -0.2) is 4.79 Å². The summed E-state index contributed by atoms with van der Waals surface area (Å²) >= 11 is 6.08. The second-order valence-electron chi connectivity index (χ2n) is 8.19. The lowest BCUT2D eigenvalue weighted by Crippen LogP contribution is -2.59. The number of furan rings is 1. The number of carboxylic acid groups (broad SMARTS) is 1. The molecule has 2 aliphatic rings. The molecule has 1 aliphatic carbocycles. The third kappa shape index (κ3) is 3.51. The van der Waals surface area contributed by atoms with E-state index < -0.39 is 24.0 Å². The molecule has 0 bridgehead atoms. The van der Waals surface area contributed by atoms with Gasteiger partial charge in [0.05, 0.1) is 40.7 Å². The van der Waals surface area contributed by atoms with Crippen LogP contribution in [0.5, 0.6) is 0 Å². The molecule has 0 amide bonds. The van der Waals surface area contributed by atoms with Crippen LogP contribution in [0.15, 0.2) is 52.5 Å². The Morgan fingerprint density at radius 3 is 2.69 bits per heavy atom. The number of hydrogen-bond acceptors (Lipinski definition) is 6. The Kier molecular flexibility index (Phi) is 5.66. The molecule has 162 valence electrons. The van der Waals surface area contributed by atoms with Crippen molar-refractivity contribution in [1.82, 2.24) is 5.32 Å². The molecule has 6 atom stereocenters. The first kappa shape index (κ1) is 21.9. The zero-order valence-electron chi connectivity index (χ0n) is 17.2. The number of nitriles is 2. The summed E-state index contributed by atoms with van der Waals surface area (Å²) in [6.07, 6.45) is 1.35. The molecule has 4 rings (SSSR count). The van der Waals surface area contributed by atoms with Crippen molar-refractivity contribution in [2.24, 2.45) is 29.4 Å². The van der Waals surface area contributed by atoms with Gasteiger partial charge in [-0.05, 0) is 47.4 Å². The van der Waals surface area contributed by atoms with Crippen molar-refractivity contribution < 1.29 is 14.3 Å². The third-order valence-corrected chi connectivity index (χ3v) is 6.77. The normalized spacial score (nSPS) is 30.5. The van der Waals surface area contributed by atoms with Crippen LogP contribution in [0.25, 0.3) is 17.4 Å². The summed E-state index contributed by atoms with van der Waals surface area (Å²) in [5.74, 6) is -1.03. The fourth-order valence-corrected chi connectivity index (χ4v) is 5.08. The number of fused-ring (bicyclic) bond motifs is 1. The molecular formula is C24H21ClN4O3. The van der Waals surface area contributed by atoms with Crippen molar-refractivity contribution in [3.8, 4) is 23.5 Å². The average molecular weight is 449 g/mol. The van der Waals surface area contributed by atoms with Gasteiger partial charge in [0.15, 0.2) is 0 Å². The topological polar surface area (TPSA) is 136 Å². The molecular weight excluding hydrogens is 428 g/mol. The second kappa shape index (κ2) is 8.29. The van der Waals surface area contributed by atoms with Gasteiger partial charge in [-0.1, -0.05) is 31.2 Å². The number of nitrogens with two attached hydrogens (primary N) is 1. The maximum Gasteiger partial charge on any atom is 0.337 e. The predicted octanol–water partition coefficient (Wildman–Crippen LogP) is 4.04. The lowest BCUT2D eigenvalue weighted by atomic mass is 9.73. The van der Waals surface area contributed by atoms with Crippen molar-refractivity contribution in [2.45, 2.75) is 19.1 Å². The van der Waals surface area contributed by atoms with E-state index in [-0.39, 0.29) is 28.5 Å². The molecule has 0 spiro atoms.